The largest absolute Gasteiger partial charge is 0.381 e. The lowest BCUT2D eigenvalue weighted by Gasteiger charge is -2.22. The molecule has 88 valence electrons. The SMILES string of the molecule is C1CCc2nnc(C3CCCOC3)n2CC1. The molecule has 3 rings (SSSR count). The van der Waals surface area contributed by atoms with Gasteiger partial charge in [-0.1, -0.05) is 6.42 Å². The van der Waals surface area contributed by atoms with E-state index in [1.165, 1.54) is 37.3 Å². The Morgan fingerprint density at radius 3 is 3.00 bits per heavy atom. The van der Waals surface area contributed by atoms with E-state index in [0.717, 1.165) is 32.6 Å². The third-order valence-corrected chi connectivity index (χ3v) is 3.66. The molecule has 2 aliphatic heterocycles. The lowest BCUT2D eigenvalue weighted by molar-refractivity contribution is 0.0768. The van der Waals surface area contributed by atoms with Crippen LogP contribution in [0, 0.1) is 0 Å². The molecule has 4 nitrogen and oxygen atoms in total. The molecule has 0 saturated carbocycles. The number of hydrogen-bond donors (Lipinski definition) is 0. The van der Waals surface area contributed by atoms with E-state index in [4.69, 9.17) is 4.74 Å². The normalized spacial score (nSPS) is 26.1. The van der Waals surface area contributed by atoms with Crippen molar-refractivity contribution in [1.82, 2.24) is 14.8 Å². The van der Waals surface area contributed by atoms with E-state index in [9.17, 15) is 0 Å². The molecule has 1 saturated heterocycles. The molecule has 0 amide bonds. The zero-order chi connectivity index (χ0) is 10.8. The van der Waals surface area contributed by atoms with E-state index in [2.05, 4.69) is 14.8 Å². The second-order valence-electron chi connectivity index (χ2n) is 4.85. The van der Waals surface area contributed by atoms with Crippen LogP contribution >= 0.6 is 0 Å². The first-order valence-corrected chi connectivity index (χ1v) is 6.45. The summed E-state index contributed by atoms with van der Waals surface area (Å²) in [6, 6.07) is 0. The van der Waals surface area contributed by atoms with Crippen molar-refractivity contribution >= 4 is 0 Å². The molecule has 0 N–H and O–H groups in total. The van der Waals surface area contributed by atoms with E-state index in [1.807, 2.05) is 0 Å². The molecule has 1 atom stereocenters. The van der Waals surface area contributed by atoms with Crippen LogP contribution in [0.5, 0.6) is 0 Å². The summed E-state index contributed by atoms with van der Waals surface area (Å²) in [6.45, 7) is 2.85. The Kier molecular flexibility index (Phi) is 2.91. The van der Waals surface area contributed by atoms with Crippen LogP contribution in [0.1, 0.15) is 49.7 Å². The predicted octanol–water partition coefficient (Wildman–Crippen LogP) is 1.90. The summed E-state index contributed by atoms with van der Waals surface area (Å²) >= 11 is 0. The topological polar surface area (TPSA) is 39.9 Å². The van der Waals surface area contributed by atoms with Gasteiger partial charge in [-0.2, -0.15) is 0 Å². The van der Waals surface area contributed by atoms with E-state index in [1.54, 1.807) is 0 Å². The molecule has 0 spiro atoms. The average molecular weight is 221 g/mol. The molecular formula is C12H19N3O. The quantitative estimate of drug-likeness (QED) is 0.727. The van der Waals surface area contributed by atoms with Crippen molar-refractivity contribution < 1.29 is 4.74 Å². The van der Waals surface area contributed by atoms with Crippen LogP contribution in [0.2, 0.25) is 0 Å². The molecule has 3 heterocycles. The Hall–Kier alpha value is -0.900. The third kappa shape index (κ3) is 1.86. The fourth-order valence-corrected chi connectivity index (χ4v) is 2.75. The Bertz CT molecular complexity index is 355. The lowest BCUT2D eigenvalue weighted by Crippen LogP contribution is -2.20. The van der Waals surface area contributed by atoms with Crippen molar-refractivity contribution in [1.29, 1.82) is 0 Å². The van der Waals surface area contributed by atoms with Crippen LogP contribution in [0.15, 0.2) is 0 Å². The number of aromatic nitrogens is 3. The minimum Gasteiger partial charge on any atom is -0.381 e. The molecule has 2 aliphatic rings. The minimum absolute atomic E-state index is 0.480. The Labute approximate surface area is 96.0 Å². The summed E-state index contributed by atoms with van der Waals surface area (Å²) in [7, 11) is 0. The maximum absolute atomic E-state index is 5.55. The molecule has 0 aromatic carbocycles. The predicted molar refractivity (Wildman–Crippen MR) is 60.4 cm³/mol. The highest BCUT2D eigenvalue weighted by atomic mass is 16.5. The summed E-state index contributed by atoms with van der Waals surface area (Å²) in [4.78, 5) is 0. The first kappa shape index (κ1) is 10.3. The zero-order valence-corrected chi connectivity index (χ0v) is 9.69. The van der Waals surface area contributed by atoms with Crippen molar-refractivity contribution in [2.45, 2.75) is 51.0 Å². The first-order valence-electron chi connectivity index (χ1n) is 6.45. The van der Waals surface area contributed by atoms with Gasteiger partial charge in [-0.3, -0.25) is 0 Å². The number of fused-ring (bicyclic) bond motifs is 1. The van der Waals surface area contributed by atoms with Gasteiger partial charge in [0.1, 0.15) is 11.6 Å². The molecule has 16 heavy (non-hydrogen) atoms. The highest BCUT2D eigenvalue weighted by molar-refractivity contribution is 5.04. The highest BCUT2D eigenvalue weighted by Crippen LogP contribution is 2.26. The number of nitrogens with zero attached hydrogens (tertiary/aromatic N) is 3. The molecule has 0 aliphatic carbocycles. The number of hydrogen-bond acceptors (Lipinski definition) is 3. The number of aryl methyl sites for hydroxylation is 1. The molecule has 0 bridgehead atoms. The van der Waals surface area contributed by atoms with Gasteiger partial charge in [0.2, 0.25) is 0 Å². The molecule has 0 radical (unpaired) electrons. The molecule has 1 aromatic heterocycles. The summed E-state index contributed by atoms with van der Waals surface area (Å²) in [6.07, 6.45) is 7.32. The van der Waals surface area contributed by atoms with Crippen LogP contribution in [0.3, 0.4) is 0 Å². The van der Waals surface area contributed by atoms with Crippen molar-refractivity contribution in [2.24, 2.45) is 0 Å². The van der Waals surface area contributed by atoms with Crippen molar-refractivity contribution in [3.05, 3.63) is 11.6 Å². The van der Waals surface area contributed by atoms with Gasteiger partial charge >= 0.3 is 0 Å². The van der Waals surface area contributed by atoms with E-state index >= 15 is 0 Å². The van der Waals surface area contributed by atoms with Crippen LogP contribution in [-0.2, 0) is 17.7 Å². The molecule has 1 fully saturated rings. The second-order valence-corrected chi connectivity index (χ2v) is 4.85. The fourth-order valence-electron chi connectivity index (χ4n) is 2.75. The summed E-state index contributed by atoms with van der Waals surface area (Å²) < 4.78 is 7.90. The first-order chi connectivity index (χ1) is 7.95. The van der Waals surface area contributed by atoms with Gasteiger partial charge < -0.3 is 9.30 Å². The Morgan fingerprint density at radius 2 is 2.12 bits per heavy atom. The van der Waals surface area contributed by atoms with Crippen LogP contribution < -0.4 is 0 Å². The Balaban J connectivity index is 1.86. The highest BCUT2D eigenvalue weighted by Gasteiger charge is 2.24. The van der Waals surface area contributed by atoms with Gasteiger partial charge in [-0.25, -0.2) is 0 Å². The maximum Gasteiger partial charge on any atom is 0.138 e. The Morgan fingerprint density at radius 1 is 1.12 bits per heavy atom. The van der Waals surface area contributed by atoms with Gasteiger partial charge in [0, 0.05) is 25.5 Å². The standard InChI is InChI=1S/C12H19N3O/c1-2-6-11-13-14-12(15(11)7-3-1)10-5-4-8-16-9-10/h10H,1-9H2. The van der Waals surface area contributed by atoms with Crippen LogP contribution in [0.4, 0.5) is 0 Å². The van der Waals surface area contributed by atoms with Gasteiger partial charge in [0.25, 0.3) is 0 Å². The molecule has 1 aromatic rings. The molecule has 4 heteroatoms. The third-order valence-electron chi connectivity index (χ3n) is 3.66. The molecule has 1 unspecified atom stereocenters. The van der Waals surface area contributed by atoms with Crippen LogP contribution in [0.25, 0.3) is 0 Å². The smallest absolute Gasteiger partial charge is 0.138 e. The maximum atomic E-state index is 5.55. The summed E-state index contributed by atoms with van der Waals surface area (Å²) in [5, 5.41) is 8.75. The monoisotopic (exact) mass is 221 g/mol. The van der Waals surface area contributed by atoms with E-state index in [-0.39, 0.29) is 0 Å². The minimum atomic E-state index is 0.480. The van der Waals surface area contributed by atoms with Gasteiger partial charge in [-0.15, -0.1) is 10.2 Å². The zero-order valence-electron chi connectivity index (χ0n) is 9.69. The van der Waals surface area contributed by atoms with E-state index in [0.29, 0.717) is 5.92 Å². The van der Waals surface area contributed by atoms with Crippen molar-refractivity contribution in [2.75, 3.05) is 13.2 Å². The number of rotatable bonds is 1. The van der Waals surface area contributed by atoms with Gasteiger partial charge in [0.15, 0.2) is 0 Å². The molecular weight excluding hydrogens is 202 g/mol. The number of ether oxygens (including phenoxy) is 1. The lowest BCUT2D eigenvalue weighted by atomic mass is 10.0. The van der Waals surface area contributed by atoms with Crippen molar-refractivity contribution in [3.8, 4) is 0 Å². The fraction of sp³-hybridized carbons (Fsp3) is 0.833. The summed E-state index contributed by atoms with van der Waals surface area (Å²) in [5.74, 6) is 2.85. The summed E-state index contributed by atoms with van der Waals surface area (Å²) in [5.41, 5.74) is 0. The van der Waals surface area contributed by atoms with E-state index < -0.39 is 0 Å². The van der Waals surface area contributed by atoms with Crippen molar-refractivity contribution in [3.63, 3.8) is 0 Å². The van der Waals surface area contributed by atoms with Gasteiger partial charge in [0.05, 0.1) is 6.61 Å². The average Bonchev–Trinajstić information content (AvgIpc) is 2.60. The van der Waals surface area contributed by atoms with Crippen LogP contribution in [-0.4, -0.2) is 28.0 Å². The van der Waals surface area contributed by atoms with Gasteiger partial charge in [-0.05, 0) is 25.7 Å². The second kappa shape index (κ2) is 4.53.